The third-order valence-electron chi connectivity index (χ3n) is 1.72. The lowest BCUT2D eigenvalue weighted by molar-refractivity contribution is 0.603. The zero-order chi connectivity index (χ0) is 12.5. The second-order valence-corrected chi connectivity index (χ2v) is 6.76. The highest BCUT2D eigenvalue weighted by Crippen LogP contribution is 2.26. The summed E-state index contributed by atoms with van der Waals surface area (Å²) in [6.45, 7) is 0. The number of pyridine rings is 1. The molecule has 0 fully saturated rings. The lowest BCUT2D eigenvalue weighted by Gasteiger charge is -2.06. The van der Waals surface area contributed by atoms with Crippen LogP contribution in [0, 0.1) is 0 Å². The van der Waals surface area contributed by atoms with Gasteiger partial charge in [-0.3, -0.25) is 4.72 Å². The van der Waals surface area contributed by atoms with E-state index in [2.05, 4.69) is 14.7 Å². The fourth-order valence-corrected chi connectivity index (χ4v) is 3.60. The highest BCUT2D eigenvalue weighted by Gasteiger charge is 2.18. The smallest absolute Gasteiger partial charge is 0.273 e. The number of anilines is 1. The number of nitrogens with one attached hydrogen (secondary N) is 1. The molecule has 2 rings (SSSR count). The van der Waals surface area contributed by atoms with Crippen molar-refractivity contribution in [3.05, 3.63) is 34.1 Å². The molecule has 0 aliphatic carbocycles. The fraction of sp³-hybridized carbons (Fsp3) is 0. The van der Waals surface area contributed by atoms with Crippen LogP contribution in [-0.4, -0.2) is 18.4 Å². The second-order valence-electron chi connectivity index (χ2n) is 2.88. The fourth-order valence-electron chi connectivity index (χ4n) is 1.02. The molecule has 0 aliphatic heterocycles. The molecule has 0 atom stereocenters. The Balaban J connectivity index is 2.33. The summed E-state index contributed by atoms with van der Waals surface area (Å²) >= 11 is 12.2. The molecule has 90 valence electrons. The standard InChI is InChI=1S/C8H5Cl2N3O2S2/c9-7-5(2-1-3-11-7)13-17(14,15)6-4-12-8(10)16-6/h1-4,13H. The van der Waals surface area contributed by atoms with Gasteiger partial charge in [-0.15, -0.1) is 0 Å². The normalized spacial score (nSPS) is 11.4. The Morgan fingerprint density at radius 1 is 1.29 bits per heavy atom. The summed E-state index contributed by atoms with van der Waals surface area (Å²) in [4.78, 5) is 7.43. The predicted octanol–water partition coefficient (Wildman–Crippen LogP) is 2.65. The second kappa shape index (κ2) is 4.77. The van der Waals surface area contributed by atoms with Crippen LogP contribution in [0.4, 0.5) is 5.69 Å². The molecule has 0 amide bonds. The van der Waals surface area contributed by atoms with Crippen LogP contribution < -0.4 is 4.72 Å². The number of rotatable bonds is 3. The monoisotopic (exact) mass is 309 g/mol. The van der Waals surface area contributed by atoms with Gasteiger partial charge in [0.05, 0.1) is 11.9 Å². The highest BCUT2D eigenvalue weighted by atomic mass is 35.5. The molecule has 2 heterocycles. The number of hydrogen-bond acceptors (Lipinski definition) is 5. The maximum absolute atomic E-state index is 11.9. The molecule has 0 aliphatic rings. The Morgan fingerprint density at radius 2 is 2.06 bits per heavy atom. The van der Waals surface area contributed by atoms with Gasteiger partial charge in [0.1, 0.15) is 0 Å². The first kappa shape index (κ1) is 12.6. The Bertz CT molecular complexity index is 642. The van der Waals surface area contributed by atoms with Crippen molar-refractivity contribution >= 4 is 50.2 Å². The number of halogens is 2. The number of hydrogen-bond donors (Lipinski definition) is 1. The van der Waals surface area contributed by atoms with Gasteiger partial charge in [0, 0.05) is 6.20 Å². The van der Waals surface area contributed by atoms with Crippen molar-refractivity contribution in [2.45, 2.75) is 4.21 Å². The van der Waals surface area contributed by atoms with Crippen molar-refractivity contribution in [3.8, 4) is 0 Å². The Labute approximate surface area is 111 Å². The summed E-state index contributed by atoms with van der Waals surface area (Å²) in [5.74, 6) is 0. The van der Waals surface area contributed by atoms with E-state index >= 15 is 0 Å². The Morgan fingerprint density at radius 3 is 2.65 bits per heavy atom. The Kier molecular flexibility index (Phi) is 3.53. The number of aromatic nitrogens is 2. The molecule has 0 spiro atoms. The van der Waals surface area contributed by atoms with E-state index in [1.54, 1.807) is 6.07 Å². The van der Waals surface area contributed by atoms with Gasteiger partial charge in [-0.05, 0) is 12.1 Å². The van der Waals surface area contributed by atoms with E-state index < -0.39 is 10.0 Å². The number of sulfonamides is 1. The topological polar surface area (TPSA) is 72.0 Å². The molecule has 0 aromatic carbocycles. The van der Waals surface area contributed by atoms with Crippen LogP contribution in [0.1, 0.15) is 0 Å². The van der Waals surface area contributed by atoms with E-state index in [0.29, 0.717) is 0 Å². The lowest BCUT2D eigenvalue weighted by atomic mass is 10.4. The van der Waals surface area contributed by atoms with Crippen molar-refractivity contribution in [3.63, 3.8) is 0 Å². The van der Waals surface area contributed by atoms with E-state index in [-0.39, 0.29) is 19.5 Å². The molecule has 2 aromatic heterocycles. The molecule has 1 N–H and O–H groups in total. The SMILES string of the molecule is O=S(=O)(Nc1cccnc1Cl)c1cnc(Cl)s1. The van der Waals surface area contributed by atoms with Gasteiger partial charge in [0.25, 0.3) is 10.0 Å². The Hall–Kier alpha value is -0.890. The average Bonchev–Trinajstić information content (AvgIpc) is 2.69. The van der Waals surface area contributed by atoms with Crippen LogP contribution >= 0.6 is 34.5 Å². The molecule has 0 bridgehead atoms. The molecule has 0 unspecified atom stereocenters. The van der Waals surface area contributed by atoms with Crippen molar-refractivity contribution in [2.24, 2.45) is 0 Å². The van der Waals surface area contributed by atoms with Crippen LogP contribution in [0.3, 0.4) is 0 Å². The summed E-state index contributed by atoms with van der Waals surface area (Å²) in [6, 6.07) is 3.08. The first-order chi connectivity index (χ1) is 7.99. The summed E-state index contributed by atoms with van der Waals surface area (Å²) < 4.78 is 26.2. The van der Waals surface area contributed by atoms with Gasteiger partial charge in [-0.1, -0.05) is 34.5 Å². The summed E-state index contributed by atoms with van der Waals surface area (Å²) in [5, 5.41) is 0.0756. The van der Waals surface area contributed by atoms with E-state index in [1.165, 1.54) is 18.5 Å². The van der Waals surface area contributed by atoms with E-state index in [0.717, 1.165) is 11.3 Å². The number of thiazole rings is 1. The van der Waals surface area contributed by atoms with Gasteiger partial charge < -0.3 is 0 Å². The van der Waals surface area contributed by atoms with Crippen molar-refractivity contribution < 1.29 is 8.42 Å². The summed E-state index contributed by atoms with van der Waals surface area (Å²) in [6.07, 6.45) is 2.64. The minimum atomic E-state index is -3.72. The van der Waals surface area contributed by atoms with Crippen molar-refractivity contribution in [2.75, 3.05) is 4.72 Å². The highest BCUT2D eigenvalue weighted by molar-refractivity contribution is 7.94. The van der Waals surface area contributed by atoms with E-state index in [4.69, 9.17) is 23.2 Å². The van der Waals surface area contributed by atoms with Crippen LogP contribution in [0.15, 0.2) is 28.7 Å². The first-order valence-electron chi connectivity index (χ1n) is 4.24. The lowest BCUT2D eigenvalue weighted by Crippen LogP contribution is -2.12. The zero-order valence-electron chi connectivity index (χ0n) is 8.09. The number of nitrogens with zero attached hydrogens (tertiary/aromatic N) is 2. The maximum Gasteiger partial charge on any atom is 0.273 e. The molecule has 2 aromatic rings. The molecule has 0 saturated heterocycles. The quantitative estimate of drug-likeness (QED) is 0.885. The first-order valence-corrected chi connectivity index (χ1v) is 7.29. The van der Waals surface area contributed by atoms with Crippen LogP contribution in [-0.2, 0) is 10.0 Å². The van der Waals surface area contributed by atoms with Gasteiger partial charge in [-0.25, -0.2) is 18.4 Å². The third kappa shape index (κ3) is 2.86. The molecule has 0 radical (unpaired) electrons. The minimum absolute atomic E-state index is 0.0161. The molecule has 5 nitrogen and oxygen atoms in total. The van der Waals surface area contributed by atoms with Gasteiger partial charge in [-0.2, -0.15) is 0 Å². The van der Waals surface area contributed by atoms with Gasteiger partial charge in [0.15, 0.2) is 13.8 Å². The predicted molar refractivity (Wildman–Crippen MR) is 67.2 cm³/mol. The molecule has 0 saturated carbocycles. The van der Waals surface area contributed by atoms with Crippen molar-refractivity contribution in [1.29, 1.82) is 0 Å². The summed E-state index contributed by atoms with van der Waals surface area (Å²) in [5.41, 5.74) is 0.207. The maximum atomic E-state index is 11.9. The molecule has 9 heteroatoms. The van der Waals surface area contributed by atoms with Crippen LogP contribution in [0.5, 0.6) is 0 Å². The van der Waals surface area contributed by atoms with E-state index in [1.807, 2.05) is 0 Å². The largest absolute Gasteiger partial charge is 0.276 e. The van der Waals surface area contributed by atoms with Gasteiger partial charge >= 0.3 is 0 Å². The zero-order valence-corrected chi connectivity index (χ0v) is 11.2. The summed E-state index contributed by atoms with van der Waals surface area (Å²) in [7, 11) is -3.72. The van der Waals surface area contributed by atoms with Crippen LogP contribution in [0.2, 0.25) is 9.62 Å². The molecular weight excluding hydrogens is 305 g/mol. The van der Waals surface area contributed by atoms with Gasteiger partial charge in [0.2, 0.25) is 0 Å². The molecular formula is C8H5Cl2N3O2S2. The van der Waals surface area contributed by atoms with Crippen LogP contribution in [0.25, 0.3) is 0 Å². The average molecular weight is 310 g/mol. The minimum Gasteiger partial charge on any atom is -0.276 e. The third-order valence-corrected chi connectivity index (χ3v) is 4.97. The van der Waals surface area contributed by atoms with Crippen molar-refractivity contribution in [1.82, 2.24) is 9.97 Å². The molecule has 17 heavy (non-hydrogen) atoms. The van der Waals surface area contributed by atoms with E-state index in [9.17, 15) is 8.42 Å².